The first-order chi connectivity index (χ1) is 8.51. The number of nitrogens with zero attached hydrogens (tertiary/aromatic N) is 1. The van der Waals surface area contributed by atoms with Crippen LogP contribution in [-0.2, 0) is 0 Å². The molecule has 0 aliphatic rings. The van der Waals surface area contributed by atoms with Crippen molar-refractivity contribution >= 4 is 0 Å². The van der Waals surface area contributed by atoms with Gasteiger partial charge in [-0.3, -0.25) is 4.90 Å². The lowest BCUT2D eigenvalue weighted by molar-refractivity contribution is 0.0436. The van der Waals surface area contributed by atoms with Crippen LogP contribution < -0.4 is 4.74 Å². The van der Waals surface area contributed by atoms with E-state index in [4.69, 9.17) is 4.74 Å². The molecule has 0 aliphatic carbocycles. The van der Waals surface area contributed by atoms with Gasteiger partial charge in [0.05, 0.1) is 13.2 Å². The van der Waals surface area contributed by atoms with Crippen LogP contribution in [0.4, 0.5) is 0 Å². The van der Waals surface area contributed by atoms with E-state index in [0.717, 1.165) is 17.9 Å². The highest BCUT2D eigenvalue weighted by molar-refractivity contribution is 5.29. The molecule has 0 saturated heterocycles. The van der Waals surface area contributed by atoms with Crippen molar-refractivity contribution in [1.29, 1.82) is 0 Å². The van der Waals surface area contributed by atoms with Crippen molar-refractivity contribution in [2.45, 2.75) is 45.9 Å². The molecule has 1 N–H and O–H groups in total. The van der Waals surface area contributed by atoms with E-state index in [1.54, 1.807) is 7.11 Å². The summed E-state index contributed by atoms with van der Waals surface area (Å²) in [5.74, 6) is 0.815. The quantitative estimate of drug-likeness (QED) is 0.844. The van der Waals surface area contributed by atoms with Gasteiger partial charge in [0.25, 0.3) is 0 Å². The van der Waals surface area contributed by atoms with Crippen LogP contribution in [0.1, 0.15) is 39.4 Å². The average molecular weight is 251 g/mol. The van der Waals surface area contributed by atoms with Crippen LogP contribution in [0.2, 0.25) is 0 Å². The summed E-state index contributed by atoms with van der Waals surface area (Å²) in [6.45, 7) is 9.43. The second-order valence-electron chi connectivity index (χ2n) is 4.88. The molecule has 0 saturated carbocycles. The van der Waals surface area contributed by atoms with Crippen LogP contribution in [0.5, 0.6) is 5.75 Å². The number of ether oxygens (including phenoxy) is 1. The normalized spacial score (nSPS) is 14.9. The van der Waals surface area contributed by atoms with Crippen molar-refractivity contribution < 1.29 is 9.84 Å². The Hall–Kier alpha value is -1.06. The van der Waals surface area contributed by atoms with Crippen molar-refractivity contribution in [2.75, 3.05) is 13.7 Å². The highest BCUT2D eigenvalue weighted by Crippen LogP contribution is 2.24. The maximum Gasteiger partial charge on any atom is 0.118 e. The van der Waals surface area contributed by atoms with E-state index in [1.165, 1.54) is 0 Å². The van der Waals surface area contributed by atoms with Gasteiger partial charge >= 0.3 is 0 Å². The van der Waals surface area contributed by atoms with Crippen LogP contribution in [0, 0.1) is 0 Å². The summed E-state index contributed by atoms with van der Waals surface area (Å²) in [6.07, 6.45) is -0.474. The first-order valence-electron chi connectivity index (χ1n) is 6.59. The monoisotopic (exact) mass is 251 g/mol. The predicted octanol–water partition coefficient (Wildman–Crippen LogP) is 2.85. The Kier molecular flexibility index (Phi) is 5.63. The Morgan fingerprint density at radius 1 is 1.17 bits per heavy atom. The zero-order valence-corrected chi connectivity index (χ0v) is 12.1. The van der Waals surface area contributed by atoms with Crippen LogP contribution in [0.25, 0.3) is 0 Å². The molecule has 0 fully saturated rings. The van der Waals surface area contributed by atoms with Gasteiger partial charge < -0.3 is 9.84 Å². The van der Waals surface area contributed by atoms with Crippen molar-refractivity contribution in [1.82, 2.24) is 4.90 Å². The van der Waals surface area contributed by atoms with E-state index < -0.39 is 6.10 Å². The van der Waals surface area contributed by atoms with Crippen LogP contribution in [0.3, 0.4) is 0 Å². The van der Waals surface area contributed by atoms with Crippen molar-refractivity contribution in [2.24, 2.45) is 0 Å². The van der Waals surface area contributed by atoms with Gasteiger partial charge in [0.2, 0.25) is 0 Å². The fourth-order valence-electron chi connectivity index (χ4n) is 2.38. The molecule has 0 aromatic heterocycles. The molecule has 3 heteroatoms. The lowest BCUT2D eigenvalue weighted by atomic mass is 10.0. The summed E-state index contributed by atoms with van der Waals surface area (Å²) in [5.41, 5.74) is 0.933. The summed E-state index contributed by atoms with van der Waals surface area (Å²) < 4.78 is 5.12. The molecule has 0 spiro atoms. The van der Waals surface area contributed by atoms with Crippen LogP contribution >= 0.6 is 0 Å². The van der Waals surface area contributed by atoms with Gasteiger partial charge in [0.15, 0.2) is 0 Å². The van der Waals surface area contributed by atoms with E-state index in [0.29, 0.717) is 6.04 Å². The molecule has 3 nitrogen and oxygen atoms in total. The maximum absolute atomic E-state index is 10.4. The second kappa shape index (κ2) is 6.76. The lowest BCUT2D eigenvalue weighted by Gasteiger charge is -2.34. The van der Waals surface area contributed by atoms with Crippen molar-refractivity contribution in [3.05, 3.63) is 29.8 Å². The van der Waals surface area contributed by atoms with Crippen molar-refractivity contribution in [3.63, 3.8) is 0 Å². The van der Waals surface area contributed by atoms with Gasteiger partial charge in [-0.05, 0) is 45.0 Å². The number of hydrogen-bond donors (Lipinski definition) is 1. The van der Waals surface area contributed by atoms with Gasteiger partial charge in [-0.1, -0.05) is 19.1 Å². The Balaban J connectivity index is 2.81. The van der Waals surface area contributed by atoms with Gasteiger partial charge in [0.1, 0.15) is 5.75 Å². The molecule has 2 atom stereocenters. The van der Waals surface area contributed by atoms with E-state index in [9.17, 15) is 5.11 Å². The van der Waals surface area contributed by atoms with Crippen LogP contribution in [-0.4, -0.2) is 35.7 Å². The Labute approximate surface area is 110 Å². The third-order valence-corrected chi connectivity index (χ3v) is 3.47. The number of aliphatic hydroxyl groups is 1. The van der Waals surface area contributed by atoms with Crippen LogP contribution in [0.15, 0.2) is 24.3 Å². The average Bonchev–Trinajstić information content (AvgIpc) is 2.38. The third-order valence-electron chi connectivity index (χ3n) is 3.47. The largest absolute Gasteiger partial charge is 0.497 e. The molecule has 2 unspecified atom stereocenters. The highest BCUT2D eigenvalue weighted by Gasteiger charge is 2.23. The van der Waals surface area contributed by atoms with Crippen molar-refractivity contribution in [3.8, 4) is 5.75 Å². The SMILES string of the molecule is CCN(C(C)C)C(C)C(O)c1ccc(OC)cc1. The van der Waals surface area contributed by atoms with Gasteiger partial charge in [-0.2, -0.15) is 0 Å². The standard InChI is InChI=1S/C15H25NO2/c1-6-16(11(2)3)12(4)15(17)13-7-9-14(18-5)10-8-13/h7-12,15,17H,6H2,1-5H3. The summed E-state index contributed by atoms with van der Waals surface area (Å²) in [7, 11) is 1.64. The highest BCUT2D eigenvalue weighted by atomic mass is 16.5. The molecule has 0 bridgehead atoms. The number of rotatable bonds is 6. The minimum Gasteiger partial charge on any atom is -0.497 e. The molecule has 0 heterocycles. The molecular formula is C15H25NO2. The molecule has 102 valence electrons. The second-order valence-corrected chi connectivity index (χ2v) is 4.88. The predicted molar refractivity (Wildman–Crippen MR) is 74.9 cm³/mol. The minimum atomic E-state index is -0.474. The van der Waals surface area contributed by atoms with E-state index in [1.807, 2.05) is 24.3 Å². The fraction of sp³-hybridized carbons (Fsp3) is 0.600. The third kappa shape index (κ3) is 3.47. The first kappa shape index (κ1) is 15.0. The Morgan fingerprint density at radius 3 is 2.11 bits per heavy atom. The number of methoxy groups -OCH3 is 1. The summed E-state index contributed by atoms with van der Waals surface area (Å²) in [4.78, 5) is 2.29. The number of benzene rings is 1. The molecular weight excluding hydrogens is 226 g/mol. The molecule has 0 aliphatic heterocycles. The summed E-state index contributed by atoms with van der Waals surface area (Å²) >= 11 is 0. The molecule has 18 heavy (non-hydrogen) atoms. The van der Waals surface area contributed by atoms with Gasteiger partial charge in [-0.15, -0.1) is 0 Å². The number of hydrogen-bond acceptors (Lipinski definition) is 3. The number of likely N-dealkylation sites (N-methyl/N-ethyl adjacent to an activating group) is 1. The smallest absolute Gasteiger partial charge is 0.118 e. The van der Waals surface area contributed by atoms with E-state index in [-0.39, 0.29) is 6.04 Å². The zero-order chi connectivity index (χ0) is 13.7. The van der Waals surface area contributed by atoms with Gasteiger partial charge in [-0.25, -0.2) is 0 Å². The Morgan fingerprint density at radius 2 is 1.72 bits per heavy atom. The molecule has 1 aromatic carbocycles. The van der Waals surface area contributed by atoms with E-state index in [2.05, 4.69) is 32.6 Å². The molecule has 1 rings (SSSR count). The summed E-state index contributed by atoms with van der Waals surface area (Å²) in [5, 5.41) is 10.4. The summed E-state index contributed by atoms with van der Waals surface area (Å²) in [6, 6.07) is 8.15. The topological polar surface area (TPSA) is 32.7 Å². The lowest BCUT2D eigenvalue weighted by Crippen LogP contribution is -2.41. The molecule has 0 radical (unpaired) electrons. The van der Waals surface area contributed by atoms with E-state index >= 15 is 0 Å². The minimum absolute atomic E-state index is 0.100. The Bertz CT molecular complexity index is 348. The number of aliphatic hydroxyl groups excluding tert-OH is 1. The van der Waals surface area contributed by atoms with Gasteiger partial charge in [0, 0.05) is 12.1 Å². The first-order valence-corrected chi connectivity index (χ1v) is 6.59. The molecule has 1 aromatic rings. The zero-order valence-electron chi connectivity index (χ0n) is 12.1. The molecule has 0 amide bonds. The maximum atomic E-state index is 10.4. The fourth-order valence-corrected chi connectivity index (χ4v) is 2.38.